The number of amides is 1. The minimum Gasteiger partial charge on any atom is -0.340 e. The van der Waals surface area contributed by atoms with Crippen molar-refractivity contribution < 1.29 is 4.79 Å². The van der Waals surface area contributed by atoms with E-state index in [2.05, 4.69) is 29.2 Å². The third-order valence-corrected chi connectivity index (χ3v) is 4.67. The molecule has 1 unspecified atom stereocenters. The lowest BCUT2D eigenvalue weighted by molar-refractivity contribution is 0.0915. The largest absolute Gasteiger partial charge is 0.340 e. The molecule has 0 fully saturated rings. The molecule has 124 valence electrons. The van der Waals surface area contributed by atoms with Crippen LogP contribution in [0.2, 0.25) is 0 Å². The summed E-state index contributed by atoms with van der Waals surface area (Å²) in [5.74, 6) is 1.03. The lowest BCUT2D eigenvalue weighted by Gasteiger charge is -2.22. The zero-order valence-electron chi connectivity index (χ0n) is 14.3. The van der Waals surface area contributed by atoms with Crippen molar-refractivity contribution >= 4 is 5.91 Å². The molecular weight excluding hydrogens is 290 g/mol. The van der Waals surface area contributed by atoms with Crippen molar-refractivity contribution in [2.24, 2.45) is 20.0 Å². The molecule has 23 heavy (non-hydrogen) atoms. The molecule has 1 aliphatic carbocycles. The monoisotopic (exact) mass is 315 g/mol. The number of hydrogen-bond donors (Lipinski definition) is 1. The van der Waals surface area contributed by atoms with Crippen LogP contribution in [-0.4, -0.2) is 25.2 Å². The average Bonchev–Trinajstić information content (AvgIpc) is 3.09. The molecule has 2 aromatic heterocycles. The van der Waals surface area contributed by atoms with Gasteiger partial charge in [0.1, 0.15) is 5.82 Å². The summed E-state index contributed by atoms with van der Waals surface area (Å²) < 4.78 is 3.83. The fourth-order valence-electron chi connectivity index (χ4n) is 3.37. The van der Waals surface area contributed by atoms with Gasteiger partial charge in [0, 0.05) is 37.7 Å². The maximum atomic E-state index is 12.8. The van der Waals surface area contributed by atoms with Crippen LogP contribution < -0.4 is 5.32 Å². The maximum absolute atomic E-state index is 12.8. The molecule has 0 spiro atoms. The van der Waals surface area contributed by atoms with Gasteiger partial charge in [-0.3, -0.25) is 9.48 Å². The number of nitrogens with one attached hydrogen (secondary N) is 1. The molecule has 0 saturated carbocycles. The molecule has 1 aliphatic rings. The summed E-state index contributed by atoms with van der Waals surface area (Å²) >= 11 is 0. The molecule has 3 rings (SSSR count). The maximum Gasteiger partial charge on any atom is 0.272 e. The van der Waals surface area contributed by atoms with E-state index in [9.17, 15) is 4.79 Å². The SMILES string of the molecule is CC(C)C(NC(=O)c1nn(C)c2c1CCCC2)c1nccn1C. The fraction of sp³-hybridized carbons (Fsp3) is 0.588. The van der Waals surface area contributed by atoms with Gasteiger partial charge < -0.3 is 9.88 Å². The van der Waals surface area contributed by atoms with Crippen molar-refractivity contribution in [2.45, 2.75) is 45.6 Å². The number of hydrogen-bond acceptors (Lipinski definition) is 3. The fourth-order valence-corrected chi connectivity index (χ4v) is 3.37. The highest BCUT2D eigenvalue weighted by molar-refractivity contribution is 5.94. The quantitative estimate of drug-likeness (QED) is 0.940. The van der Waals surface area contributed by atoms with Crippen LogP contribution in [0.15, 0.2) is 12.4 Å². The highest BCUT2D eigenvalue weighted by Gasteiger charge is 2.28. The Morgan fingerprint density at radius 2 is 2.00 bits per heavy atom. The molecule has 6 heteroatoms. The van der Waals surface area contributed by atoms with E-state index in [0.717, 1.165) is 30.7 Å². The Labute approximate surface area is 136 Å². The Balaban J connectivity index is 1.87. The van der Waals surface area contributed by atoms with Gasteiger partial charge in [-0.15, -0.1) is 0 Å². The van der Waals surface area contributed by atoms with Gasteiger partial charge >= 0.3 is 0 Å². The Morgan fingerprint density at radius 3 is 2.65 bits per heavy atom. The van der Waals surface area contributed by atoms with Crippen molar-refractivity contribution in [3.8, 4) is 0 Å². The van der Waals surface area contributed by atoms with Gasteiger partial charge in [0.2, 0.25) is 0 Å². The second-order valence-corrected chi connectivity index (χ2v) is 6.70. The minimum absolute atomic E-state index is 0.0922. The lowest BCUT2D eigenvalue weighted by Crippen LogP contribution is -2.34. The van der Waals surface area contributed by atoms with Crippen LogP contribution in [0.3, 0.4) is 0 Å². The van der Waals surface area contributed by atoms with Crippen LogP contribution in [0, 0.1) is 5.92 Å². The summed E-state index contributed by atoms with van der Waals surface area (Å²) in [6, 6.07) is -0.122. The standard InChI is InChI=1S/C17H25N5O/c1-11(2)14(16-18-9-10-21(16)3)19-17(23)15-12-7-5-6-8-13(12)22(4)20-15/h9-11,14H,5-8H2,1-4H3,(H,19,23). The normalized spacial score (nSPS) is 15.5. The van der Waals surface area contributed by atoms with E-state index >= 15 is 0 Å². The van der Waals surface area contributed by atoms with Gasteiger partial charge in [0.05, 0.1) is 6.04 Å². The Kier molecular flexibility index (Phi) is 4.24. The van der Waals surface area contributed by atoms with Gasteiger partial charge in [-0.05, 0) is 31.6 Å². The number of nitrogens with zero attached hydrogens (tertiary/aromatic N) is 4. The van der Waals surface area contributed by atoms with Gasteiger partial charge in [-0.1, -0.05) is 13.8 Å². The molecule has 0 aromatic carbocycles. The van der Waals surface area contributed by atoms with E-state index in [4.69, 9.17) is 0 Å². The first-order chi connectivity index (χ1) is 11.0. The Morgan fingerprint density at radius 1 is 1.26 bits per heavy atom. The molecule has 6 nitrogen and oxygen atoms in total. The Bertz CT molecular complexity index is 713. The first kappa shape index (κ1) is 15.8. The summed E-state index contributed by atoms with van der Waals surface area (Å²) in [5.41, 5.74) is 2.92. The third-order valence-electron chi connectivity index (χ3n) is 4.67. The zero-order chi connectivity index (χ0) is 16.6. The van der Waals surface area contributed by atoms with Crippen LogP contribution in [0.4, 0.5) is 0 Å². The molecule has 1 amide bonds. The van der Waals surface area contributed by atoms with Crippen LogP contribution in [0.25, 0.3) is 0 Å². The molecule has 1 N–H and O–H groups in total. The molecule has 0 bridgehead atoms. The number of aryl methyl sites for hydroxylation is 2. The topological polar surface area (TPSA) is 64.7 Å². The van der Waals surface area contributed by atoms with Gasteiger partial charge in [-0.25, -0.2) is 4.98 Å². The van der Waals surface area contributed by atoms with Gasteiger partial charge in [0.15, 0.2) is 5.69 Å². The number of rotatable bonds is 4. The van der Waals surface area contributed by atoms with Crippen molar-refractivity contribution in [1.29, 1.82) is 0 Å². The summed E-state index contributed by atoms with van der Waals surface area (Å²) in [4.78, 5) is 17.2. The van der Waals surface area contributed by atoms with Crippen LogP contribution >= 0.6 is 0 Å². The van der Waals surface area contributed by atoms with E-state index in [1.165, 1.54) is 12.1 Å². The number of aromatic nitrogens is 4. The second-order valence-electron chi connectivity index (χ2n) is 6.70. The van der Waals surface area contributed by atoms with Gasteiger partial charge in [-0.2, -0.15) is 5.10 Å². The summed E-state index contributed by atoms with van der Waals surface area (Å²) in [5, 5.41) is 7.63. The highest BCUT2D eigenvalue weighted by atomic mass is 16.2. The second kappa shape index (κ2) is 6.18. The summed E-state index contributed by atoms with van der Waals surface area (Å²) in [6.45, 7) is 4.18. The van der Waals surface area contributed by atoms with E-state index in [0.29, 0.717) is 5.69 Å². The molecule has 0 saturated heterocycles. The molecule has 2 aromatic rings. The first-order valence-electron chi connectivity index (χ1n) is 8.32. The summed E-state index contributed by atoms with van der Waals surface area (Å²) in [7, 11) is 3.88. The highest BCUT2D eigenvalue weighted by Crippen LogP contribution is 2.25. The molecular formula is C17H25N5O. The lowest BCUT2D eigenvalue weighted by atomic mass is 9.95. The minimum atomic E-state index is -0.122. The van der Waals surface area contributed by atoms with E-state index < -0.39 is 0 Å². The van der Waals surface area contributed by atoms with E-state index in [1.54, 1.807) is 6.20 Å². The smallest absolute Gasteiger partial charge is 0.272 e. The number of fused-ring (bicyclic) bond motifs is 1. The third kappa shape index (κ3) is 2.90. The van der Waals surface area contributed by atoms with Gasteiger partial charge in [0.25, 0.3) is 5.91 Å². The van der Waals surface area contributed by atoms with Crippen LogP contribution in [0.1, 0.15) is 60.3 Å². The van der Waals surface area contributed by atoms with Crippen molar-refractivity contribution in [3.63, 3.8) is 0 Å². The molecule has 0 aliphatic heterocycles. The number of carbonyl (C=O) groups excluding carboxylic acids is 1. The summed E-state index contributed by atoms with van der Waals surface area (Å²) in [6.07, 6.45) is 7.93. The van der Waals surface area contributed by atoms with Crippen LogP contribution in [0.5, 0.6) is 0 Å². The van der Waals surface area contributed by atoms with E-state index in [1.807, 2.05) is 29.5 Å². The van der Waals surface area contributed by atoms with Crippen molar-refractivity contribution in [1.82, 2.24) is 24.6 Å². The number of carbonyl (C=O) groups is 1. The Hall–Kier alpha value is -2.11. The van der Waals surface area contributed by atoms with Crippen molar-refractivity contribution in [3.05, 3.63) is 35.2 Å². The predicted molar refractivity (Wildman–Crippen MR) is 88.1 cm³/mol. The van der Waals surface area contributed by atoms with Crippen molar-refractivity contribution in [2.75, 3.05) is 0 Å². The van der Waals surface area contributed by atoms with E-state index in [-0.39, 0.29) is 17.9 Å². The zero-order valence-corrected chi connectivity index (χ0v) is 14.3. The predicted octanol–water partition coefficient (Wildman–Crippen LogP) is 2.16. The molecule has 1 atom stereocenters. The number of imidazole rings is 1. The molecule has 2 heterocycles. The molecule has 0 radical (unpaired) electrons. The average molecular weight is 315 g/mol. The first-order valence-corrected chi connectivity index (χ1v) is 8.32. The van der Waals surface area contributed by atoms with Crippen LogP contribution in [-0.2, 0) is 26.9 Å².